The smallest absolute Gasteiger partial charge is 0.337 e. The van der Waals surface area contributed by atoms with E-state index in [9.17, 15) is 14.4 Å². The summed E-state index contributed by atoms with van der Waals surface area (Å²) in [7, 11) is 1.35. The summed E-state index contributed by atoms with van der Waals surface area (Å²) in [5.41, 5.74) is 4.24. The van der Waals surface area contributed by atoms with Gasteiger partial charge >= 0.3 is 5.97 Å². The van der Waals surface area contributed by atoms with Crippen molar-refractivity contribution in [3.8, 4) is 5.69 Å². The number of nitrogens with zero attached hydrogens (tertiary/aromatic N) is 3. The Bertz CT molecular complexity index is 1490. The number of rotatable bonds is 9. The number of hydrogen-bond acceptors (Lipinski definition) is 6. The van der Waals surface area contributed by atoms with Gasteiger partial charge in [-0.2, -0.15) is 0 Å². The first-order chi connectivity index (χ1) is 17.3. The van der Waals surface area contributed by atoms with E-state index in [-0.39, 0.29) is 17.1 Å². The van der Waals surface area contributed by atoms with Crippen LogP contribution in [0.15, 0.2) is 64.5 Å². The van der Waals surface area contributed by atoms with Crippen LogP contribution in [-0.4, -0.2) is 38.7 Å². The Morgan fingerprint density at radius 3 is 2.47 bits per heavy atom. The molecule has 0 aliphatic heterocycles. The van der Waals surface area contributed by atoms with E-state index in [1.54, 1.807) is 22.8 Å². The molecule has 4 aromatic rings. The molecule has 0 N–H and O–H groups in total. The van der Waals surface area contributed by atoms with Gasteiger partial charge in [0.15, 0.2) is 10.9 Å². The van der Waals surface area contributed by atoms with Crippen molar-refractivity contribution in [2.24, 2.45) is 0 Å². The Morgan fingerprint density at radius 2 is 1.78 bits per heavy atom. The molecule has 2 heterocycles. The molecule has 0 amide bonds. The number of aromatic nitrogens is 3. The molecule has 0 unspecified atom stereocenters. The number of unbranched alkanes of at least 4 members (excludes halogenated alkanes) is 1. The number of thioether (sulfide) groups is 1. The van der Waals surface area contributed by atoms with Crippen LogP contribution in [-0.2, 0) is 11.3 Å². The number of Topliss-reactive ketones (excluding diaryl/α,β-unsaturated/α-hetero) is 1. The number of hydrogen-bond donors (Lipinski definition) is 0. The molecule has 0 fully saturated rings. The van der Waals surface area contributed by atoms with E-state index in [2.05, 4.69) is 6.92 Å². The number of esters is 1. The fourth-order valence-corrected chi connectivity index (χ4v) is 5.19. The van der Waals surface area contributed by atoms with Gasteiger partial charge in [-0.25, -0.2) is 9.78 Å². The lowest BCUT2D eigenvalue weighted by Gasteiger charge is -2.13. The van der Waals surface area contributed by atoms with Crippen LogP contribution in [0.3, 0.4) is 0 Å². The molecule has 0 radical (unpaired) electrons. The lowest BCUT2D eigenvalue weighted by Crippen LogP contribution is -2.24. The summed E-state index contributed by atoms with van der Waals surface area (Å²) in [5.74, 6) is -0.257. The first kappa shape index (κ1) is 25.4. The monoisotopic (exact) mass is 503 g/mol. The third-order valence-corrected chi connectivity index (χ3v) is 7.15. The zero-order valence-electron chi connectivity index (χ0n) is 20.9. The van der Waals surface area contributed by atoms with Crippen molar-refractivity contribution >= 4 is 34.4 Å². The van der Waals surface area contributed by atoms with Crippen molar-refractivity contribution < 1.29 is 14.3 Å². The van der Waals surface area contributed by atoms with Gasteiger partial charge < -0.3 is 9.30 Å². The molecule has 0 spiro atoms. The third kappa shape index (κ3) is 4.99. The highest BCUT2D eigenvalue weighted by atomic mass is 32.2. The summed E-state index contributed by atoms with van der Waals surface area (Å²) in [6.45, 7) is 6.50. The Labute approximate surface area is 214 Å². The number of para-hydroxylation sites is 1. The lowest BCUT2D eigenvalue weighted by atomic mass is 10.2. The van der Waals surface area contributed by atoms with Crippen LogP contribution in [0.4, 0.5) is 0 Å². The minimum Gasteiger partial charge on any atom is -0.465 e. The zero-order valence-corrected chi connectivity index (χ0v) is 21.7. The highest BCUT2D eigenvalue weighted by Gasteiger charge is 2.19. The fraction of sp³-hybridized carbons (Fsp3) is 0.286. The molecule has 0 saturated heterocycles. The van der Waals surface area contributed by atoms with Crippen molar-refractivity contribution in [3.63, 3.8) is 0 Å². The van der Waals surface area contributed by atoms with Gasteiger partial charge in [0.1, 0.15) is 0 Å². The summed E-state index contributed by atoms with van der Waals surface area (Å²) in [5, 5.41) is 1.15. The predicted octanol–water partition coefficient (Wildman–Crippen LogP) is 5.37. The number of ketones is 1. The fourth-order valence-electron chi connectivity index (χ4n) is 4.29. The SMILES string of the molecule is CCCCn1c(SCC(=O)c2cc(C)n(-c3ccc(C(=O)OC)cc3)c2C)nc2ccccc2c1=O. The van der Waals surface area contributed by atoms with E-state index in [1.165, 1.54) is 18.9 Å². The average molecular weight is 504 g/mol. The van der Waals surface area contributed by atoms with E-state index >= 15 is 0 Å². The molecular formula is C28H29N3O4S. The minimum atomic E-state index is -0.393. The van der Waals surface area contributed by atoms with Gasteiger partial charge in [-0.05, 0) is 62.7 Å². The first-order valence-electron chi connectivity index (χ1n) is 11.9. The normalized spacial score (nSPS) is 11.1. The maximum atomic E-state index is 13.3. The highest BCUT2D eigenvalue weighted by molar-refractivity contribution is 7.99. The first-order valence-corrected chi connectivity index (χ1v) is 12.9. The van der Waals surface area contributed by atoms with Gasteiger partial charge in [0, 0.05) is 29.2 Å². The van der Waals surface area contributed by atoms with Crippen LogP contribution in [0.1, 0.15) is 51.9 Å². The van der Waals surface area contributed by atoms with Crippen molar-refractivity contribution in [1.29, 1.82) is 0 Å². The summed E-state index contributed by atoms with van der Waals surface area (Å²) in [6.07, 6.45) is 1.81. The average Bonchev–Trinajstić information content (AvgIpc) is 3.20. The van der Waals surface area contributed by atoms with Gasteiger partial charge in [-0.15, -0.1) is 0 Å². The quantitative estimate of drug-likeness (QED) is 0.132. The molecule has 0 aliphatic rings. The largest absolute Gasteiger partial charge is 0.465 e. The number of fused-ring (bicyclic) bond motifs is 1. The number of ether oxygens (including phenoxy) is 1. The van der Waals surface area contributed by atoms with Crippen LogP contribution in [0, 0.1) is 13.8 Å². The second kappa shape index (κ2) is 11.0. The maximum Gasteiger partial charge on any atom is 0.337 e. The Hall–Kier alpha value is -3.65. The van der Waals surface area contributed by atoms with E-state index in [0.717, 1.165) is 29.9 Å². The predicted molar refractivity (Wildman–Crippen MR) is 143 cm³/mol. The van der Waals surface area contributed by atoms with E-state index < -0.39 is 5.97 Å². The second-order valence-electron chi connectivity index (χ2n) is 8.59. The minimum absolute atomic E-state index is 0.0324. The number of carbonyl (C=O) groups is 2. The second-order valence-corrected chi connectivity index (χ2v) is 9.53. The third-order valence-electron chi connectivity index (χ3n) is 6.17. The van der Waals surface area contributed by atoms with Gasteiger partial charge in [-0.3, -0.25) is 14.2 Å². The summed E-state index contributed by atoms with van der Waals surface area (Å²) in [6, 6.07) is 16.3. The zero-order chi connectivity index (χ0) is 25.8. The van der Waals surface area contributed by atoms with Crippen molar-refractivity contribution in [2.75, 3.05) is 12.9 Å². The molecule has 0 atom stereocenters. The van der Waals surface area contributed by atoms with Crippen LogP contribution in [0.2, 0.25) is 0 Å². The van der Waals surface area contributed by atoms with Crippen molar-refractivity contribution in [1.82, 2.24) is 14.1 Å². The lowest BCUT2D eigenvalue weighted by molar-refractivity contribution is 0.0600. The van der Waals surface area contributed by atoms with E-state index in [1.807, 2.05) is 54.8 Å². The molecular weight excluding hydrogens is 474 g/mol. The molecule has 186 valence electrons. The number of methoxy groups -OCH3 is 1. The molecule has 0 aliphatic carbocycles. The molecule has 7 nitrogen and oxygen atoms in total. The summed E-state index contributed by atoms with van der Waals surface area (Å²) >= 11 is 1.30. The number of aryl methyl sites for hydroxylation is 1. The van der Waals surface area contributed by atoms with E-state index in [0.29, 0.717) is 33.7 Å². The van der Waals surface area contributed by atoms with Crippen LogP contribution >= 0.6 is 11.8 Å². The molecule has 2 aromatic carbocycles. The maximum absolute atomic E-state index is 13.3. The van der Waals surface area contributed by atoms with Crippen LogP contribution in [0.5, 0.6) is 0 Å². The molecule has 8 heteroatoms. The summed E-state index contributed by atoms with van der Waals surface area (Å²) < 4.78 is 8.45. The molecule has 0 saturated carbocycles. The van der Waals surface area contributed by atoms with Gasteiger partial charge in [-0.1, -0.05) is 37.2 Å². The Morgan fingerprint density at radius 1 is 1.06 bits per heavy atom. The molecule has 4 rings (SSSR count). The topological polar surface area (TPSA) is 83.2 Å². The molecule has 0 bridgehead atoms. The van der Waals surface area contributed by atoms with Gasteiger partial charge in [0.2, 0.25) is 0 Å². The highest BCUT2D eigenvalue weighted by Crippen LogP contribution is 2.25. The van der Waals surface area contributed by atoms with Gasteiger partial charge in [0.25, 0.3) is 5.56 Å². The standard InChI is InChI=1S/C28H29N3O4S/c1-5-6-15-30-26(33)22-9-7-8-10-24(22)29-28(30)36-17-25(32)23-16-18(2)31(19(23)3)21-13-11-20(12-14-21)27(34)35-4/h7-14,16H,5-6,15,17H2,1-4H3. The Kier molecular flexibility index (Phi) is 7.74. The number of benzene rings is 2. The molecule has 2 aromatic heterocycles. The Balaban J connectivity index is 1.60. The van der Waals surface area contributed by atoms with Gasteiger partial charge in [0.05, 0.1) is 29.3 Å². The number of carbonyl (C=O) groups excluding carboxylic acids is 2. The van der Waals surface area contributed by atoms with Crippen LogP contribution < -0.4 is 5.56 Å². The summed E-state index contributed by atoms with van der Waals surface area (Å²) in [4.78, 5) is 42.8. The molecule has 36 heavy (non-hydrogen) atoms. The van der Waals surface area contributed by atoms with E-state index in [4.69, 9.17) is 9.72 Å². The van der Waals surface area contributed by atoms with Crippen molar-refractivity contribution in [3.05, 3.63) is 87.5 Å². The van der Waals surface area contributed by atoms with Crippen molar-refractivity contribution in [2.45, 2.75) is 45.3 Å². The van der Waals surface area contributed by atoms with Crippen LogP contribution in [0.25, 0.3) is 16.6 Å².